The van der Waals surface area contributed by atoms with Crippen LogP contribution in [0.5, 0.6) is 5.75 Å². The zero-order valence-electron chi connectivity index (χ0n) is 15.9. The molecule has 4 rings (SSSR count). The Bertz CT molecular complexity index is 1140. The summed E-state index contributed by atoms with van der Waals surface area (Å²) in [7, 11) is 0. The second-order valence-corrected chi connectivity index (χ2v) is 6.63. The third kappa shape index (κ3) is 3.33. The summed E-state index contributed by atoms with van der Waals surface area (Å²) in [6, 6.07) is 6.21. The van der Waals surface area contributed by atoms with Crippen molar-refractivity contribution < 1.29 is 18.7 Å². The van der Waals surface area contributed by atoms with E-state index in [4.69, 9.17) is 16.0 Å². The number of carbonyl (C=O) groups is 1. The summed E-state index contributed by atoms with van der Waals surface area (Å²) in [4.78, 5) is 21.9. The molecule has 0 N–H and O–H groups in total. The van der Waals surface area contributed by atoms with E-state index in [0.717, 1.165) is 0 Å². The van der Waals surface area contributed by atoms with Crippen LogP contribution >= 0.6 is 0 Å². The zero-order chi connectivity index (χ0) is 20.5. The lowest BCUT2D eigenvalue weighted by Crippen LogP contribution is -2.25. The fraction of sp³-hybridized carbons (Fsp3) is 0.300. The van der Waals surface area contributed by atoms with Gasteiger partial charge in [0.25, 0.3) is 0 Å². The zero-order valence-corrected chi connectivity index (χ0v) is 15.9. The van der Waals surface area contributed by atoms with Gasteiger partial charge in [0.05, 0.1) is 12.8 Å². The molecule has 2 aromatic heterocycles. The van der Waals surface area contributed by atoms with Crippen LogP contribution < -0.4 is 9.64 Å². The predicted octanol–water partition coefficient (Wildman–Crippen LogP) is 3.38. The molecule has 0 saturated heterocycles. The third-order valence-electron chi connectivity index (χ3n) is 4.69. The SMILES string of the molecule is [C-]#[N+]c1c(F)ccc2c1CN(CC)c1ccc3ncc(n3n1)C(=O)OC[C@H](C)O2. The number of hydrogen-bond acceptors (Lipinski definition) is 6. The Hall–Kier alpha value is -3.67. The van der Waals surface area contributed by atoms with Gasteiger partial charge in [-0.25, -0.2) is 23.5 Å². The number of anilines is 1. The van der Waals surface area contributed by atoms with Crippen molar-refractivity contribution in [2.75, 3.05) is 18.1 Å². The van der Waals surface area contributed by atoms with Crippen molar-refractivity contribution in [1.29, 1.82) is 0 Å². The first-order chi connectivity index (χ1) is 14.0. The normalized spacial score (nSPS) is 16.8. The highest BCUT2D eigenvalue weighted by molar-refractivity contribution is 5.88. The summed E-state index contributed by atoms with van der Waals surface area (Å²) in [6.07, 6.45) is 0.911. The molecule has 1 aliphatic rings. The van der Waals surface area contributed by atoms with Crippen LogP contribution in [0.2, 0.25) is 0 Å². The van der Waals surface area contributed by atoms with E-state index in [1.165, 1.54) is 22.8 Å². The van der Waals surface area contributed by atoms with Gasteiger partial charge in [-0.1, -0.05) is 0 Å². The summed E-state index contributed by atoms with van der Waals surface area (Å²) in [5, 5.41) is 4.52. The van der Waals surface area contributed by atoms with Crippen molar-refractivity contribution in [2.24, 2.45) is 0 Å². The molecule has 0 aliphatic carbocycles. The van der Waals surface area contributed by atoms with Gasteiger partial charge in [-0.05, 0) is 38.1 Å². The molecule has 1 atom stereocenters. The number of aromatic nitrogens is 3. The molecule has 29 heavy (non-hydrogen) atoms. The highest BCUT2D eigenvalue weighted by Crippen LogP contribution is 2.34. The lowest BCUT2D eigenvalue weighted by Gasteiger charge is -2.25. The first kappa shape index (κ1) is 18.7. The van der Waals surface area contributed by atoms with Crippen LogP contribution in [0.25, 0.3) is 10.5 Å². The van der Waals surface area contributed by atoms with E-state index in [1.807, 2.05) is 11.8 Å². The van der Waals surface area contributed by atoms with E-state index >= 15 is 0 Å². The van der Waals surface area contributed by atoms with E-state index in [9.17, 15) is 9.18 Å². The number of esters is 1. The Morgan fingerprint density at radius 3 is 2.93 bits per heavy atom. The van der Waals surface area contributed by atoms with Crippen molar-refractivity contribution >= 4 is 23.1 Å². The summed E-state index contributed by atoms with van der Waals surface area (Å²) in [6.45, 7) is 11.8. The van der Waals surface area contributed by atoms with Crippen molar-refractivity contribution in [3.05, 3.63) is 59.0 Å². The number of nitrogens with zero attached hydrogens (tertiary/aromatic N) is 5. The Labute approximate surface area is 166 Å². The van der Waals surface area contributed by atoms with Gasteiger partial charge in [0.15, 0.2) is 11.3 Å². The molecular weight excluding hydrogens is 377 g/mol. The lowest BCUT2D eigenvalue weighted by atomic mass is 10.1. The first-order valence-electron chi connectivity index (χ1n) is 9.14. The third-order valence-corrected chi connectivity index (χ3v) is 4.69. The molecule has 3 aromatic rings. The molecule has 0 fully saturated rings. The monoisotopic (exact) mass is 395 g/mol. The molecule has 9 heteroatoms. The summed E-state index contributed by atoms with van der Waals surface area (Å²) >= 11 is 0. The van der Waals surface area contributed by atoms with Gasteiger partial charge < -0.3 is 14.4 Å². The molecular formula is C20H18FN5O3. The molecule has 1 aromatic carbocycles. The van der Waals surface area contributed by atoms with E-state index in [0.29, 0.717) is 29.3 Å². The van der Waals surface area contributed by atoms with Gasteiger partial charge in [-0.2, -0.15) is 0 Å². The van der Waals surface area contributed by atoms with Crippen LogP contribution in [0.15, 0.2) is 30.5 Å². The number of carbonyl (C=O) groups excluding carboxylic acids is 1. The molecule has 2 bridgehead atoms. The number of fused-ring (bicyclic) bond motifs is 2. The van der Waals surface area contributed by atoms with Gasteiger partial charge in [0.2, 0.25) is 5.69 Å². The average Bonchev–Trinajstić information content (AvgIpc) is 3.14. The molecule has 0 radical (unpaired) electrons. The molecule has 1 aliphatic heterocycles. The maximum absolute atomic E-state index is 14.3. The first-order valence-corrected chi connectivity index (χ1v) is 9.14. The highest BCUT2D eigenvalue weighted by atomic mass is 19.1. The van der Waals surface area contributed by atoms with E-state index in [2.05, 4.69) is 14.9 Å². The Morgan fingerprint density at radius 2 is 2.17 bits per heavy atom. The summed E-state index contributed by atoms with van der Waals surface area (Å²) < 4.78 is 27.0. The highest BCUT2D eigenvalue weighted by Gasteiger charge is 2.23. The minimum Gasteiger partial charge on any atom is -0.488 e. The Kier molecular flexibility index (Phi) is 4.76. The molecule has 0 saturated carbocycles. The summed E-state index contributed by atoms with van der Waals surface area (Å²) in [5.41, 5.74) is 1.04. The van der Waals surface area contributed by atoms with E-state index < -0.39 is 17.9 Å². The fourth-order valence-corrected chi connectivity index (χ4v) is 3.21. The van der Waals surface area contributed by atoms with Crippen molar-refractivity contribution in [3.8, 4) is 5.75 Å². The maximum Gasteiger partial charge on any atom is 0.358 e. The Balaban J connectivity index is 1.90. The van der Waals surface area contributed by atoms with Gasteiger partial charge in [-0.3, -0.25) is 0 Å². The van der Waals surface area contributed by atoms with Crippen molar-refractivity contribution in [3.63, 3.8) is 0 Å². The van der Waals surface area contributed by atoms with Gasteiger partial charge in [0.1, 0.15) is 30.1 Å². The molecule has 3 heterocycles. The van der Waals surface area contributed by atoms with Crippen LogP contribution in [0.3, 0.4) is 0 Å². The number of imidazole rings is 1. The van der Waals surface area contributed by atoms with Gasteiger partial charge >= 0.3 is 5.97 Å². The van der Waals surface area contributed by atoms with E-state index in [1.54, 1.807) is 19.1 Å². The quantitative estimate of drug-likeness (QED) is 0.465. The minimum atomic E-state index is -0.609. The number of benzene rings is 1. The minimum absolute atomic E-state index is 0.0204. The van der Waals surface area contributed by atoms with Gasteiger partial charge in [0, 0.05) is 18.7 Å². The number of rotatable bonds is 1. The molecule has 0 unspecified atom stereocenters. The Morgan fingerprint density at radius 1 is 1.34 bits per heavy atom. The predicted molar refractivity (Wildman–Crippen MR) is 103 cm³/mol. The van der Waals surface area contributed by atoms with Crippen molar-refractivity contribution in [2.45, 2.75) is 26.5 Å². The number of ether oxygens (including phenoxy) is 2. The van der Waals surface area contributed by atoms with Crippen LogP contribution in [0.1, 0.15) is 29.9 Å². The van der Waals surface area contributed by atoms with Crippen LogP contribution in [0, 0.1) is 12.4 Å². The van der Waals surface area contributed by atoms with E-state index in [-0.39, 0.29) is 24.5 Å². The smallest absolute Gasteiger partial charge is 0.358 e. The summed E-state index contributed by atoms with van der Waals surface area (Å²) in [5.74, 6) is -0.255. The molecule has 0 amide bonds. The number of halogens is 1. The van der Waals surface area contributed by atoms with Crippen LogP contribution in [-0.2, 0) is 11.3 Å². The molecule has 0 spiro atoms. The second kappa shape index (κ2) is 7.39. The van der Waals surface area contributed by atoms with Gasteiger partial charge in [-0.15, -0.1) is 5.10 Å². The van der Waals surface area contributed by atoms with Crippen LogP contribution in [-0.4, -0.2) is 39.8 Å². The maximum atomic E-state index is 14.3. The lowest BCUT2D eigenvalue weighted by molar-refractivity contribution is 0.0331. The largest absolute Gasteiger partial charge is 0.488 e. The van der Waals surface area contributed by atoms with Crippen molar-refractivity contribution in [1.82, 2.24) is 14.6 Å². The molecule has 8 nitrogen and oxygen atoms in total. The molecule has 148 valence electrons. The number of hydrogen-bond donors (Lipinski definition) is 0. The second-order valence-electron chi connectivity index (χ2n) is 6.63. The van der Waals surface area contributed by atoms with Crippen LogP contribution in [0.4, 0.5) is 15.9 Å². The fourth-order valence-electron chi connectivity index (χ4n) is 3.21. The average molecular weight is 395 g/mol. The standard InChI is InChI=1S/C20H18FN5O3/c1-4-25-10-13-16(6-5-14(21)19(13)22-3)29-12(2)11-28-20(27)15-9-23-17-7-8-18(25)24-26(15)17/h5-9,12H,4,10-11H2,1-2H3/t12-/m0/s1. The topological polar surface area (TPSA) is 73.3 Å². The number of cyclic esters (lactones) is 1.